The zero-order valence-electron chi connectivity index (χ0n) is 11.6. The fourth-order valence-corrected chi connectivity index (χ4v) is 2.17. The molecule has 0 bridgehead atoms. The van der Waals surface area contributed by atoms with Crippen LogP contribution >= 0.6 is 0 Å². The summed E-state index contributed by atoms with van der Waals surface area (Å²) in [5.41, 5.74) is 0.828. The zero-order valence-corrected chi connectivity index (χ0v) is 11.6. The molecule has 1 atom stereocenters. The first-order valence-corrected chi connectivity index (χ1v) is 6.70. The Hall–Kier alpha value is -1.70. The Kier molecular flexibility index (Phi) is 4.76. The molecule has 1 aromatic rings. The fraction of sp³-hybridized carbons (Fsp3) is 0.615. The van der Waals surface area contributed by atoms with Crippen LogP contribution in [0.3, 0.4) is 0 Å². The molecule has 1 saturated heterocycles. The molecule has 21 heavy (non-hydrogen) atoms. The summed E-state index contributed by atoms with van der Waals surface area (Å²) in [6.45, 7) is 1.44. The molecule has 0 saturated carbocycles. The summed E-state index contributed by atoms with van der Waals surface area (Å²) in [7, 11) is 0. The van der Waals surface area contributed by atoms with Crippen LogP contribution in [0.15, 0.2) is 12.5 Å². The van der Waals surface area contributed by atoms with Gasteiger partial charge in [0, 0.05) is 12.7 Å². The average Bonchev–Trinajstić information content (AvgIpc) is 2.47. The van der Waals surface area contributed by atoms with Crippen molar-refractivity contribution in [2.24, 2.45) is 0 Å². The average molecular weight is 303 g/mol. The molecule has 2 heterocycles. The molecule has 1 amide bonds. The number of aromatic nitrogens is 2. The van der Waals surface area contributed by atoms with E-state index in [2.05, 4.69) is 14.7 Å². The monoisotopic (exact) mass is 303 g/mol. The lowest BCUT2D eigenvalue weighted by molar-refractivity contribution is -0.233. The highest BCUT2D eigenvalue weighted by molar-refractivity contribution is 5.95. The van der Waals surface area contributed by atoms with Gasteiger partial charge in [-0.1, -0.05) is 13.3 Å². The Morgan fingerprint density at radius 2 is 2.29 bits per heavy atom. The first-order chi connectivity index (χ1) is 9.93. The molecular formula is C13H16F3N3O2. The molecule has 5 nitrogen and oxygen atoms in total. The van der Waals surface area contributed by atoms with E-state index in [-0.39, 0.29) is 18.7 Å². The smallest absolute Gasteiger partial charge is 0.365 e. The van der Waals surface area contributed by atoms with Gasteiger partial charge in [0.2, 0.25) is 0 Å². The van der Waals surface area contributed by atoms with Gasteiger partial charge in [-0.15, -0.1) is 0 Å². The predicted octanol–water partition coefficient (Wildman–Crippen LogP) is 1.83. The van der Waals surface area contributed by atoms with Crippen molar-refractivity contribution < 1.29 is 22.7 Å². The van der Waals surface area contributed by atoms with Gasteiger partial charge in [0.05, 0.1) is 24.4 Å². The highest BCUT2D eigenvalue weighted by atomic mass is 19.4. The largest absolute Gasteiger partial charge is 0.416 e. The molecule has 1 unspecified atom stereocenters. The topological polar surface area (TPSA) is 55.3 Å². The Labute approximate surface area is 120 Å². The van der Waals surface area contributed by atoms with E-state index in [9.17, 15) is 18.0 Å². The van der Waals surface area contributed by atoms with Crippen molar-refractivity contribution in [1.29, 1.82) is 0 Å². The lowest BCUT2D eigenvalue weighted by Gasteiger charge is -2.34. The number of amides is 1. The first kappa shape index (κ1) is 15.7. The van der Waals surface area contributed by atoms with E-state index in [1.807, 2.05) is 6.92 Å². The van der Waals surface area contributed by atoms with Crippen molar-refractivity contribution in [2.45, 2.75) is 32.0 Å². The predicted molar refractivity (Wildman–Crippen MR) is 67.7 cm³/mol. The Balaban J connectivity index is 2.16. The molecule has 2 rings (SSSR count). The SMILES string of the molecule is CCCc1ncncc1C(=O)N1CCOC(C(F)(F)F)C1. The Bertz CT molecular complexity index is 508. The van der Waals surface area contributed by atoms with Gasteiger partial charge in [-0.05, 0) is 6.42 Å². The van der Waals surface area contributed by atoms with Crippen LogP contribution in [-0.2, 0) is 11.2 Å². The van der Waals surface area contributed by atoms with E-state index in [1.54, 1.807) is 0 Å². The molecule has 116 valence electrons. The van der Waals surface area contributed by atoms with Gasteiger partial charge in [-0.25, -0.2) is 9.97 Å². The maximum atomic E-state index is 12.7. The van der Waals surface area contributed by atoms with Crippen LogP contribution in [0.25, 0.3) is 0 Å². The van der Waals surface area contributed by atoms with E-state index in [4.69, 9.17) is 0 Å². The quantitative estimate of drug-likeness (QED) is 0.855. The van der Waals surface area contributed by atoms with E-state index < -0.39 is 24.7 Å². The number of morpholine rings is 1. The van der Waals surface area contributed by atoms with Gasteiger partial charge >= 0.3 is 6.18 Å². The molecule has 0 aromatic carbocycles. The number of hydrogen-bond donors (Lipinski definition) is 0. The molecule has 0 aliphatic carbocycles. The summed E-state index contributed by atoms with van der Waals surface area (Å²) in [6, 6.07) is 0. The summed E-state index contributed by atoms with van der Waals surface area (Å²) in [4.78, 5) is 21.4. The number of carbonyl (C=O) groups excluding carboxylic acids is 1. The minimum absolute atomic E-state index is 0.131. The normalized spacial score (nSPS) is 19.6. The van der Waals surface area contributed by atoms with Gasteiger partial charge in [0.15, 0.2) is 6.10 Å². The lowest BCUT2D eigenvalue weighted by Crippen LogP contribution is -2.51. The number of aryl methyl sites for hydroxylation is 1. The van der Waals surface area contributed by atoms with Gasteiger partial charge in [-0.2, -0.15) is 13.2 Å². The third kappa shape index (κ3) is 3.69. The highest BCUT2D eigenvalue weighted by Crippen LogP contribution is 2.26. The van der Waals surface area contributed by atoms with Crippen molar-refractivity contribution in [1.82, 2.24) is 14.9 Å². The van der Waals surface area contributed by atoms with Crippen LogP contribution in [0.4, 0.5) is 13.2 Å². The van der Waals surface area contributed by atoms with Crippen LogP contribution in [0.5, 0.6) is 0 Å². The number of halogens is 3. The summed E-state index contributed by atoms with van der Waals surface area (Å²) in [6.07, 6.45) is -2.35. The van der Waals surface area contributed by atoms with Gasteiger partial charge in [-0.3, -0.25) is 4.79 Å². The van der Waals surface area contributed by atoms with E-state index >= 15 is 0 Å². The van der Waals surface area contributed by atoms with Gasteiger partial charge in [0.25, 0.3) is 5.91 Å². The summed E-state index contributed by atoms with van der Waals surface area (Å²) >= 11 is 0. The van der Waals surface area contributed by atoms with Gasteiger partial charge < -0.3 is 9.64 Å². The fourth-order valence-electron chi connectivity index (χ4n) is 2.17. The minimum atomic E-state index is -4.47. The molecular weight excluding hydrogens is 287 g/mol. The van der Waals surface area contributed by atoms with E-state index in [0.29, 0.717) is 12.1 Å². The standard InChI is InChI=1S/C13H16F3N3O2/c1-2-3-10-9(6-17-8-18-10)12(20)19-4-5-21-11(7-19)13(14,15)16/h6,8,11H,2-5,7H2,1H3. The van der Waals surface area contributed by atoms with E-state index in [0.717, 1.165) is 11.3 Å². The molecule has 1 aliphatic rings. The van der Waals surface area contributed by atoms with Crippen LogP contribution in [0.2, 0.25) is 0 Å². The second-order valence-electron chi connectivity index (χ2n) is 4.79. The minimum Gasteiger partial charge on any atom is -0.365 e. The van der Waals surface area contributed by atoms with Crippen LogP contribution in [-0.4, -0.2) is 52.8 Å². The number of ether oxygens (including phenoxy) is 1. The molecule has 8 heteroatoms. The Morgan fingerprint density at radius 1 is 1.52 bits per heavy atom. The number of rotatable bonds is 3. The maximum absolute atomic E-state index is 12.7. The van der Waals surface area contributed by atoms with Crippen molar-refractivity contribution in [3.63, 3.8) is 0 Å². The number of carbonyl (C=O) groups is 1. The van der Waals surface area contributed by atoms with Crippen molar-refractivity contribution in [3.8, 4) is 0 Å². The van der Waals surface area contributed by atoms with E-state index in [1.165, 1.54) is 12.5 Å². The summed E-state index contributed by atoms with van der Waals surface area (Å²) in [5, 5.41) is 0. The first-order valence-electron chi connectivity index (χ1n) is 6.70. The summed E-state index contributed by atoms with van der Waals surface area (Å²) < 4.78 is 42.8. The molecule has 1 aromatic heterocycles. The summed E-state index contributed by atoms with van der Waals surface area (Å²) in [5.74, 6) is -0.475. The lowest BCUT2D eigenvalue weighted by atomic mass is 10.1. The Morgan fingerprint density at radius 3 is 2.95 bits per heavy atom. The third-order valence-electron chi connectivity index (χ3n) is 3.23. The molecule has 1 aliphatic heterocycles. The molecule has 0 radical (unpaired) electrons. The van der Waals surface area contributed by atoms with Crippen molar-refractivity contribution in [3.05, 3.63) is 23.8 Å². The number of hydrogen-bond acceptors (Lipinski definition) is 4. The third-order valence-corrected chi connectivity index (χ3v) is 3.23. The van der Waals surface area contributed by atoms with Crippen LogP contribution < -0.4 is 0 Å². The number of nitrogens with zero attached hydrogens (tertiary/aromatic N) is 3. The van der Waals surface area contributed by atoms with Crippen LogP contribution in [0, 0.1) is 0 Å². The van der Waals surface area contributed by atoms with Crippen molar-refractivity contribution in [2.75, 3.05) is 19.7 Å². The molecule has 0 spiro atoms. The second kappa shape index (κ2) is 6.38. The zero-order chi connectivity index (χ0) is 15.5. The number of alkyl halides is 3. The van der Waals surface area contributed by atoms with Gasteiger partial charge in [0.1, 0.15) is 6.33 Å². The van der Waals surface area contributed by atoms with Crippen molar-refractivity contribution >= 4 is 5.91 Å². The second-order valence-corrected chi connectivity index (χ2v) is 4.79. The van der Waals surface area contributed by atoms with Crippen LogP contribution in [0.1, 0.15) is 29.4 Å². The maximum Gasteiger partial charge on any atom is 0.416 e. The molecule has 0 N–H and O–H groups in total. The molecule has 1 fully saturated rings. The highest BCUT2D eigenvalue weighted by Gasteiger charge is 2.44.